The number of furan rings is 1. The molecule has 1 unspecified atom stereocenters. The first-order valence-electron chi connectivity index (χ1n) is 7.00. The van der Waals surface area contributed by atoms with E-state index in [9.17, 15) is 4.79 Å². The van der Waals surface area contributed by atoms with Crippen LogP contribution in [0, 0.1) is 5.92 Å². The number of nitrogens with zero attached hydrogens (tertiary/aromatic N) is 1. The smallest absolute Gasteiger partial charge is 0.371 e. The Morgan fingerprint density at radius 1 is 1.45 bits per heavy atom. The molecule has 0 radical (unpaired) electrons. The van der Waals surface area contributed by atoms with Crippen LogP contribution in [0.2, 0.25) is 0 Å². The molecule has 0 saturated heterocycles. The third-order valence-electron chi connectivity index (χ3n) is 4.22. The summed E-state index contributed by atoms with van der Waals surface area (Å²) >= 11 is 0. The van der Waals surface area contributed by atoms with Crippen molar-refractivity contribution in [2.24, 2.45) is 5.92 Å². The van der Waals surface area contributed by atoms with Crippen molar-refractivity contribution < 1.29 is 14.3 Å². The molecule has 1 saturated carbocycles. The van der Waals surface area contributed by atoms with Crippen LogP contribution in [0.1, 0.15) is 35.9 Å². The maximum Gasteiger partial charge on any atom is 0.371 e. The fraction of sp³-hybridized carbons (Fsp3) is 0.438. The molecular weight excluding hydrogens is 254 g/mol. The average Bonchev–Trinajstić information content (AvgIpc) is 3.16. The fourth-order valence-electron chi connectivity index (χ4n) is 2.67. The standard InChI is InChI=1S/C16H19NO3/c1-10(12-4-5-12)17(2)9-11-3-6-14-13(7-11)8-15(20-14)16(18)19/h3,6-8,10,12H,4-5,9H2,1-2H3,(H,18,19). The first-order valence-corrected chi connectivity index (χ1v) is 7.00. The normalized spacial score (nSPS) is 16.8. The first kappa shape index (κ1) is 13.2. The summed E-state index contributed by atoms with van der Waals surface area (Å²) in [4.78, 5) is 13.3. The van der Waals surface area contributed by atoms with Crippen LogP contribution in [0.4, 0.5) is 0 Å². The van der Waals surface area contributed by atoms with Gasteiger partial charge in [0.1, 0.15) is 5.58 Å². The number of hydrogen-bond donors (Lipinski definition) is 1. The van der Waals surface area contributed by atoms with E-state index < -0.39 is 5.97 Å². The predicted molar refractivity (Wildman–Crippen MR) is 76.8 cm³/mol. The molecule has 4 nitrogen and oxygen atoms in total. The highest BCUT2D eigenvalue weighted by Crippen LogP contribution is 2.35. The van der Waals surface area contributed by atoms with E-state index in [4.69, 9.17) is 9.52 Å². The molecule has 0 aliphatic heterocycles. The second-order valence-corrected chi connectivity index (χ2v) is 5.78. The van der Waals surface area contributed by atoms with Crippen molar-refractivity contribution in [2.45, 2.75) is 32.4 Å². The predicted octanol–water partition coefficient (Wildman–Crippen LogP) is 3.36. The second kappa shape index (κ2) is 4.94. The quantitative estimate of drug-likeness (QED) is 0.907. The van der Waals surface area contributed by atoms with Gasteiger partial charge in [0.25, 0.3) is 0 Å². The number of hydrogen-bond acceptors (Lipinski definition) is 3. The molecular formula is C16H19NO3. The average molecular weight is 273 g/mol. The molecule has 20 heavy (non-hydrogen) atoms. The molecule has 1 aromatic carbocycles. The number of aromatic carboxylic acids is 1. The SMILES string of the molecule is CC(C1CC1)N(C)Cc1ccc2oc(C(=O)O)cc2c1. The van der Waals surface area contributed by atoms with E-state index in [-0.39, 0.29) is 5.76 Å². The Balaban J connectivity index is 1.79. The highest BCUT2D eigenvalue weighted by Gasteiger charge is 2.30. The summed E-state index contributed by atoms with van der Waals surface area (Å²) < 4.78 is 5.27. The Bertz CT molecular complexity index is 642. The van der Waals surface area contributed by atoms with Crippen molar-refractivity contribution >= 4 is 16.9 Å². The third kappa shape index (κ3) is 2.56. The van der Waals surface area contributed by atoms with Gasteiger partial charge in [-0.2, -0.15) is 0 Å². The Labute approximate surface area is 118 Å². The van der Waals surface area contributed by atoms with Gasteiger partial charge in [0.15, 0.2) is 0 Å². The van der Waals surface area contributed by atoms with Gasteiger partial charge in [-0.05, 0) is 56.5 Å². The zero-order valence-electron chi connectivity index (χ0n) is 11.8. The summed E-state index contributed by atoms with van der Waals surface area (Å²) in [6.45, 7) is 3.15. The molecule has 1 heterocycles. The van der Waals surface area contributed by atoms with Crippen LogP contribution < -0.4 is 0 Å². The molecule has 0 bridgehead atoms. The summed E-state index contributed by atoms with van der Waals surface area (Å²) in [6, 6.07) is 8.07. The lowest BCUT2D eigenvalue weighted by Crippen LogP contribution is -2.30. The topological polar surface area (TPSA) is 53.7 Å². The molecule has 1 fully saturated rings. The highest BCUT2D eigenvalue weighted by atomic mass is 16.4. The van der Waals surface area contributed by atoms with Crippen LogP contribution >= 0.6 is 0 Å². The van der Waals surface area contributed by atoms with Gasteiger partial charge in [-0.1, -0.05) is 6.07 Å². The van der Waals surface area contributed by atoms with E-state index >= 15 is 0 Å². The van der Waals surface area contributed by atoms with Crippen molar-refractivity contribution in [3.05, 3.63) is 35.6 Å². The minimum absolute atomic E-state index is 0.00291. The van der Waals surface area contributed by atoms with Crippen molar-refractivity contribution in [3.63, 3.8) is 0 Å². The van der Waals surface area contributed by atoms with E-state index in [1.807, 2.05) is 18.2 Å². The maximum atomic E-state index is 10.9. The molecule has 1 aromatic heterocycles. The Hall–Kier alpha value is -1.81. The lowest BCUT2D eigenvalue weighted by molar-refractivity contribution is 0.0665. The molecule has 106 valence electrons. The summed E-state index contributed by atoms with van der Waals surface area (Å²) in [5.74, 6) is -0.185. The number of carbonyl (C=O) groups is 1. The molecule has 1 N–H and O–H groups in total. The monoisotopic (exact) mass is 273 g/mol. The molecule has 2 aromatic rings. The molecule has 4 heteroatoms. The van der Waals surface area contributed by atoms with Gasteiger partial charge in [-0.15, -0.1) is 0 Å². The van der Waals surface area contributed by atoms with E-state index in [0.29, 0.717) is 11.6 Å². The van der Waals surface area contributed by atoms with Gasteiger partial charge in [0, 0.05) is 18.0 Å². The van der Waals surface area contributed by atoms with Crippen molar-refractivity contribution in [1.29, 1.82) is 0 Å². The minimum Gasteiger partial charge on any atom is -0.475 e. The van der Waals surface area contributed by atoms with E-state index in [2.05, 4.69) is 18.9 Å². The summed E-state index contributed by atoms with van der Waals surface area (Å²) in [6.07, 6.45) is 2.68. The Kier molecular flexibility index (Phi) is 3.26. The molecule has 0 amide bonds. The minimum atomic E-state index is -1.03. The van der Waals surface area contributed by atoms with Gasteiger partial charge < -0.3 is 9.52 Å². The van der Waals surface area contributed by atoms with Gasteiger partial charge in [0.2, 0.25) is 5.76 Å². The third-order valence-corrected chi connectivity index (χ3v) is 4.22. The van der Waals surface area contributed by atoms with Crippen molar-refractivity contribution in [3.8, 4) is 0 Å². The van der Waals surface area contributed by atoms with Gasteiger partial charge in [-0.3, -0.25) is 4.90 Å². The first-order chi connectivity index (χ1) is 9.54. The van der Waals surface area contributed by atoms with E-state index in [1.54, 1.807) is 6.07 Å². The van der Waals surface area contributed by atoms with E-state index in [0.717, 1.165) is 17.8 Å². The number of fused-ring (bicyclic) bond motifs is 1. The van der Waals surface area contributed by atoms with Crippen LogP contribution in [0.15, 0.2) is 28.7 Å². The number of carboxylic acids is 1. The van der Waals surface area contributed by atoms with Gasteiger partial charge in [-0.25, -0.2) is 4.79 Å². The van der Waals surface area contributed by atoms with Gasteiger partial charge in [0.05, 0.1) is 0 Å². The van der Waals surface area contributed by atoms with Crippen LogP contribution in [-0.4, -0.2) is 29.1 Å². The summed E-state index contributed by atoms with van der Waals surface area (Å²) in [5.41, 5.74) is 1.81. The number of carboxylic acid groups (broad SMARTS) is 1. The highest BCUT2D eigenvalue weighted by molar-refractivity contribution is 5.91. The van der Waals surface area contributed by atoms with Crippen LogP contribution in [0.25, 0.3) is 11.0 Å². The zero-order valence-corrected chi connectivity index (χ0v) is 11.8. The molecule has 1 aliphatic carbocycles. The summed E-state index contributed by atoms with van der Waals surface area (Å²) in [5, 5.41) is 9.79. The van der Waals surface area contributed by atoms with Crippen LogP contribution in [0.3, 0.4) is 0 Å². The molecule has 0 spiro atoms. The zero-order chi connectivity index (χ0) is 14.3. The van der Waals surface area contributed by atoms with Crippen molar-refractivity contribution in [1.82, 2.24) is 4.90 Å². The van der Waals surface area contributed by atoms with Crippen LogP contribution in [-0.2, 0) is 6.54 Å². The molecule has 1 aliphatic rings. The number of benzene rings is 1. The second-order valence-electron chi connectivity index (χ2n) is 5.78. The fourth-order valence-corrected chi connectivity index (χ4v) is 2.67. The lowest BCUT2D eigenvalue weighted by atomic mass is 10.1. The van der Waals surface area contributed by atoms with Crippen LogP contribution in [0.5, 0.6) is 0 Å². The largest absolute Gasteiger partial charge is 0.475 e. The van der Waals surface area contributed by atoms with E-state index in [1.165, 1.54) is 18.4 Å². The maximum absolute atomic E-state index is 10.9. The molecule has 3 rings (SSSR count). The van der Waals surface area contributed by atoms with Crippen molar-refractivity contribution in [2.75, 3.05) is 7.05 Å². The summed E-state index contributed by atoms with van der Waals surface area (Å²) in [7, 11) is 2.14. The number of rotatable bonds is 5. The molecule has 1 atom stereocenters. The lowest BCUT2D eigenvalue weighted by Gasteiger charge is -2.24. The Morgan fingerprint density at radius 3 is 2.85 bits per heavy atom. The Morgan fingerprint density at radius 2 is 2.20 bits per heavy atom. The van der Waals surface area contributed by atoms with Gasteiger partial charge >= 0.3 is 5.97 Å².